The van der Waals surface area contributed by atoms with Gasteiger partial charge in [-0.05, 0) is 48.2 Å². The van der Waals surface area contributed by atoms with E-state index in [-0.39, 0.29) is 30.8 Å². The second kappa shape index (κ2) is 16.2. The Morgan fingerprint density at radius 2 is 1.69 bits per heavy atom. The van der Waals surface area contributed by atoms with Gasteiger partial charge in [-0.2, -0.15) is 0 Å². The Morgan fingerprint density at radius 3 is 2.31 bits per heavy atom. The average Bonchev–Trinajstić information content (AvgIpc) is 3.76. The summed E-state index contributed by atoms with van der Waals surface area (Å²) in [5, 5.41) is 14.4. The first kappa shape index (κ1) is 37.5. The summed E-state index contributed by atoms with van der Waals surface area (Å²) >= 11 is 9.93. The Balaban J connectivity index is 1.40. The van der Waals surface area contributed by atoms with Crippen molar-refractivity contribution >= 4 is 56.9 Å². The predicted molar refractivity (Wildman–Crippen MR) is 201 cm³/mol. The van der Waals surface area contributed by atoms with Gasteiger partial charge >= 0.3 is 5.97 Å². The van der Waals surface area contributed by atoms with Crippen LogP contribution in [0.25, 0.3) is 0 Å². The number of likely N-dealkylation sites (tertiary alicyclic amines) is 1. The van der Waals surface area contributed by atoms with Crippen molar-refractivity contribution in [1.82, 2.24) is 10.2 Å². The minimum atomic E-state index is -1.41. The molecule has 3 aliphatic rings. The number of amides is 3. The van der Waals surface area contributed by atoms with Crippen LogP contribution in [0.2, 0.25) is 5.02 Å². The summed E-state index contributed by atoms with van der Waals surface area (Å²) in [7, 11) is 0. The van der Waals surface area contributed by atoms with Gasteiger partial charge < -0.3 is 29.7 Å². The van der Waals surface area contributed by atoms with E-state index in [4.69, 9.17) is 21.1 Å². The molecule has 3 heterocycles. The van der Waals surface area contributed by atoms with Gasteiger partial charge in [-0.3, -0.25) is 19.2 Å². The molecular formula is C40H41BrClN3O7. The molecule has 52 heavy (non-hydrogen) atoms. The zero-order valence-electron chi connectivity index (χ0n) is 28.5. The second-order valence-corrected chi connectivity index (χ2v) is 14.8. The number of hydrogen-bond donors (Lipinski definition) is 2. The van der Waals surface area contributed by atoms with E-state index in [1.54, 1.807) is 60.7 Å². The number of esters is 1. The van der Waals surface area contributed by atoms with Gasteiger partial charge in [0.25, 0.3) is 5.91 Å². The largest absolute Gasteiger partial charge is 0.463 e. The molecule has 10 nitrogen and oxygen atoms in total. The van der Waals surface area contributed by atoms with Gasteiger partial charge in [0.1, 0.15) is 18.2 Å². The fraction of sp³-hybridized carbons (Fsp3) is 0.350. The Kier molecular flexibility index (Phi) is 11.6. The quantitative estimate of drug-likeness (QED) is 0.115. The van der Waals surface area contributed by atoms with Crippen molar-refractivity contribution in [3.63, 3.8) is 0 Å². The van der Waals surface area contributed by atoms with Gasteiger partial charge in [0.15, 0.2) is 0 Å². The third-order valence-electron chi connectivity index (χ3n) is 10.2. The SMILES string of the molecule is C=CCCC(=O)OC[C@@H](NC(=O)[C@H]1[C@@H]2O[C@@]3(CC2Br)[C@@H]1C(=O)N([C@H](CO)c1ccccc1)[C@@H]3C(=O)N(CC=C)c1ccc(Cl)cc1)c1ccccc1. The number of ether oxygens (including phenoxy) is 2. The molecule has 12 heteroatoms. The first-order valence-corrected chi connectivity index (χ1v) is 18.5. The van der Waals surface area contributed by atoms with E-state index < -0.39 is 72.0 Å². The number of carbonyl (C=O) groups excluding carboxylic acids is 4. The van der Waals surface area contributed by atoms with E-state index in [1.165, 1.54) is 9.80 Å². The monoisotopic (exact) mass is 789 g/mol. The molecule has 0 aromatic heterocycles. The highest BCUT2D eigenvalue weighted by Crippen LogP contribution is 2.61. The van der Waals surface area contributed by atoms with Gasteiger partial charge in [-0.25, -0.2) is 0 Å². The van der Waals surface area contributed by atoms with E-state index in [9.17, 15) is 19.5 Å². The van der Waals surface area contributed by atoms with Crippen LogP contribution in [-0.2, 0) is 28.7 Å². The van der Waals surface area contributed by atoms with Crippen LogP contribution >= 0.6 is 27.5 Å². The topological polar surface area (TPSA) is 125 Å². The fourth-order valence-corrected chi connectivity index (χ4v) is 8.94. The number of nitrogens with zero attached hydrogens (tertiary/aromatic N) is 2. The van der Waals surface area contributed by atoms with Crippen LogP contribution in [0.5, 0.6) is 0 Å². The number of allylic oxidation sites excluding steroid dienone is 1. The number of hydrogen-bond acceptors (Lipinski definition) is 7. The lowest BCUT2D eigenvalue weighted by molar-refractivity contribution is -0.146. The number of nitrogens with one attached hydrogen (secondary N) is 1. The molecule has 3 amide bonds. The summed E-state index contributed by atoms with van der Waals surface area (Å²) in [6, 6.07) is 22.1. The molecule has 3 aliphatic heterocycles. The molecule has 3 aromatic rings. The Hall–Kier alpha value is -4.29. The summed E-state index contributed by atoms with van der Waals surface area (Å²) in [4.78, 5) is 59.6. The van der Waals surface area contributed by atoms with Crippen molar-refractivity contribution < 1.29 is 33.8 Å². The number of rotatable bonds is 15. The molecule has 1 unspecified atom stereocenters. The third kappa shape index (κ3) is 7.07. The standard InChI is InChI=1S/C40H41BrClN3O7/c1-3-5-16-32(47)51-24-30(25-12-8-6-9-13-25)43-37(48)33-34-38(49)45(31(23-46)26-14-10-7-11-15-26)36(40(34)22-29(41)35(33)52-40)39(50)44(21-4-2)28-19-17-27(42)18-20-28/h3-4,6-15,17-20,29-31,33-36,46H,1-2,5,16,21-24H2,(H,43,48)/t29?,30-,31-,33-,34+,35-,36-,40+/m1/s1. The molecule has 2 bridgehead atoms. The van der Waals surface area contributed by atoms with Crippen molar-refractivity contribution in [3.8, 4) is 0 Å². The van der Waals surface area contributed by atoms with Crippen LogP contribution in [0, 0.1) is 11.8 Å². The molecule has 3 fully saturated rings. The number of benzene rings is 3. The summed E-state index contributed by atoms with van der Waals surface area (Å²) in [6.45, 7) is 7.03. The Bertz CT molecular complexity index is 1800. The van der Waals surface area contributed by atoms with Crippen molar-refractivity contribution in [2.75, 3.05) is 24.7 Å². The number of alkyl halides is 1. The highest BCUT2D eigenvalue weighted by atomic mass is 79.9. The van der Waals surface area contributed by atoms with E-state index in [2.05, 4.69) is 34.4 Å². The lowest BCUT2D eigenvalue weighted by Crippen LogP contribution is -2.57. The molecular weight excluding hydrogens is 750 g/mol. The highest BCUT2D eigenvalue weighted by molar-refractivity contribution is 9.09. The molecule has 0 aliphatic carbocycles. The van der Waals surface area contributed by atoms with Crippen LogP contribution in [0.1, 0.15) is 42.5 Å². The Morgan fingerprint density at radius 1 is 1.04 bits per heavy atom. The fourth-order valence-electron chi connectivity index (χ4n) is 7.87. The molecule has 3 aromatic carbocycles. The third-order valence-corrected chi connectivity index (χ3v) is 11.3. The number of aliphatic hydroxyl groups excluding tert-OH is 1. The zero-order valence-corrected chi connectivity index (χ0v) is 30.8. The number of aliphatic hydroxyl groups is 1. The maximum absolute atomic E-state index is 15.0. The first-order valence-electron chi connectivity index (χ1n) is 17.2. The van der Waals surface area contributed by atoms with Gasteiger partial charge in [-0.15, -0.1) is 13.2 Å². The molecule has 2 N–H and O–H groups in total. The van der Waals surface area contributed by atoms with Crippen molar-refractivity contribution in [1.29, 1.82) is 0 Å². The summed E-state index contributed by atoms with van der Waals surface area (Å²) in [5.74, 6) is -3.87. The number of carbonyl (C=O) groups is 4. The van der Waals surface area contributed by atoms with Crippen LogP contribution in [0.4, 0.5) is 5.69 Å². The summed E-state index contributed by atoms with van der Waals surface area (Å²) in [6.07, 6.45) is 3.35. The molecule has 0 saturated carbocycles. The molecule has 272 valence electrons. The summed E-state index contributed by atoms with van der Waals surface area (Å²) < 4.78 is 12.3. The maximum atomic E-state index is 15.0. The molecule has 3 saturated heterocycles. The van der Waals surface area contributed by atoms with Crippen LogP contribution in [-0.4, -0.2) is 76.0 Å². The number of halogens is 2. The van der Waals surface area contributed by atoms with Crippen molar-refractivity contribution in [3.05, 3.63) is 126 Å². The van der Waals surface area contributed by atoms with E-state index in [0.717, 1.165) is 0 Å². The minimum Gasteiger partial charge on any atom is -0.463 e. The van der Waals surface area contributed by atoms with Crippen LogP contribution < -0.4 is 10.2 Å². The lowest BCUT2D eigenvalue weighted by atomic mass is 9.70. The first-order chi connectivity index (χ1) is 25.1. The smallest absolute Gasteiger partial charge is 0.306 e. The van der Waals surface area contributed by atoms with Gasteiger partial charge in [0.05, 0.1) is 36.6 Å². The Labute approximate surface area is 316 Å². The lowest BCUT2D eigenvalue weighted by Gasteiger charge is -2.39. The van der Waals surface area contributed by atoms with E-state index in [1.807, 2.05) is 36.4 Å². The molecule has 8 atom stereocenters. The van der Waals surface area contributed by atoms with E-state index in [0.29, 0.717) is 28.3 Å². The normalized spacial score (nSPS) is 25.6. The molecule has 1 spiro atoms. The van der Waals surface area contributed by atoms with E-state index >= 15 is 4.79 Å². The van der Waals surface area contributed by atoms with Crippen molar-refractivity contribution in [2.24, 2.45) is 11.8 Å². The van der Waals surface area contributed by atoms with Gasteiger partial charge in [0.2, 0.25) is 11.8 Å². The van der Waals surface area contributed by atoms with Crippen molar-refractivity contribution in [2.45, 2.75) is 53.9 Å². The maximum Gasteiger partial charge on any atom is 0.306 e. The molecule has 6 rings (SSSR count). The minimum absolute atomic E-state index is 0.115. The zero-order chi connectivity index (χ0) is 37.0. The number of fused-ring (bicyclic) bond motifs is 1. The average molecular weight is 791 g/mol. The molecule has 0 radical (unpaired) electrons. The second-order valence-electron chi connectivity index (χ2n) is 13.2. The number of anilines is 1. The van der Waals surface area contributed by atoms with Crippen LogP contribution in [0.15, 0.2) is 110 Å². The summed E-state index contributed by atoms with van der Waals surface area (Å²) in [5.41, 5.74) is 0.457. The predicted octanol–water partition coefficient (Wildman–Crippen LogP) is 5.71. The van der Waals surface area contributed by atoms with Crippen LogP contribution in [0.3, 0.4) is 0 Å². The van der Waals surface area contributed by atoms with Gasteiger partial charge in [-0.1, -0.05) is 100 Å². The highest BCUT2D eigenvalue weighted by Gasteiger charge is 2.77. The van der Waals surface area contributed by atoms with Gasteiger partial charge in [0, 0.05) is 28.5 Å².